The molecule has 0 aliphatic rings. The molecule has 0 aliphatic heterocycles. The van der Waals surface area contributed by atoms with Crippen LogP contribution >= 0.6 is 0 Å². The highest BCUT2D eigenvalue weighted by molar-refractivity contribution is 5.88. The van der Waals surface area contributed by atoms with Crippen molar-refractivity contribution in [2.75, 3.05) is 13.2 Å². The molecule has 0 saturated heterocycles. The van der Waals surface area contributed by atoms with Gasteiger partial charge in [-0.25, -0.2) is 4.79 Å². The summed E-state index contributed by atoms with van der Waals surface area (Å²) in [4.78, 5) is 22.3. The van der Waals surface area contributed by atoms with Gasteiger partial charge in [0.05, 0.1) is 12.2 Å². The fourth-order valence-electron chi connectivity index (χ4n) is 0.878. The van der Waals surface area contributed by atoms with Crippen LogP contribution in [-0.2, 0) is 19.1 Å². The molecule has 5 nitrogen and oxygen atoms in total. The van der Waals surface area contributed by atoms with E-state index in [1.165, 1.54) is 0 Å². The van der Waals surface area contributed by atoms with Gasteiger partial charge in [-0.2, -0.15) is 0 Å². The minimum Gasteiger partial charge on any atom is -0.463 e. The average molecular weight is 231 g/mol. The summed E-state index contributed by atoms with van der Waals surface area (Å²) in [5.74, 6) is -0.572. The highest BCUT2D eigenvalue weighted by Crippen LogP contribution is 2.07. The van der Waals surface area contributed by atoms with E-state index < -0.39 is 5.97 Å². The van der Waals surface area contributed by atoms with Crippen LogP contribution in [0.1, 0.15) is 27.2 Å². The lowest BCUT2D eigenvalue weighted by Crippen LogP contribution is -2.52. The van der Waals surface area contributed by atoms with Gasteiger partial charge in [0.15, 0.2) is 5.76 Å². The molecule has 3 N–H and O–H groups in total. The average Bonchev–Trinajstić information content (AvgIpc) is 2.24. The molecule has 0 rings (SSSR count). The monoisotopic (exact) mass is 231 g/mol. The van der Waals surface area contributed by atoms with E-state index in [1.54, 1.807) is 20.8 Å². The van der Waals surface area contributed by atoms with Gasteiger partial charge < -0.3 is 22.6 Å². The molecule has 94 valence electrons. The van der Waals surface area contributed by atoms with Crippen LogP contribution < -0.4 is 5.73 Å². The fraction of sp³-hybridized carbons (Fsp3) is 0.545. The van der Waals surface area contributed by atoms with E-state index in [2.05, 4.69) is 5.73 Å². The number of ether oxygens (including phenoxy) is 2. The van der Waals surface area contributed by atoms with Crippen molar-refractivity contribution < 1.29 is 24.8 Å². The van der Waals surface area contributed by atoms with Gasteiger partial charge in [-0.05, 0) is 13.8 Å². The quantitative estimate of drug-likeness (QED) is 0.323. The molecule has 0 unspecified atom stereocenters. The third kappa shape index (κ3) is 5.50. The molecule has 0 fully saturated rings. The molecule has 0 aromatic carbocycles. The van der Waals surface area contributed by atoms with E-state index in [-0.39, 0.29) is 32.1 Å². The summed E-state index contributed by atoms with van der Waals surface area (Å²) in [7, 11) is 0. The van der Waals surface area contributed by atoms with E-state index in [9.17, 15) is 9.59 Å². The summed E-state index contributed by atoms with van der Waals surface area (Å²) in [5, 5.41) is 0. The van der Waals surface area contributed by atoms with E-state index in [0.29, 0.717) is 12.2 Å². The number of esters is 2. The molecule has 5 heteroatoms. The minimum absolute atomic E-state index is 0. The highest BCUT2D eigenvalue weighted by atomic mass is 16.5. The van der Waals surface area contributed by atoms with E-state index in [1.807, 2.05) is 0 Å². The number of quaternary nitrogens is 1. The second kappa shape index (κ2) is 8.91. The van der Waals surface area contributed by atoms with Crippen LogP contribution in [0, 0.1) is 7.43 Å². The van der Waals surface area contributed by atoms with Gasteiger partial charge in [-0.1, -0.05) is 6.92 Å². The van der Waals surface area contributed by atoms with Gasteiger partial charge in [0.25, 0.3) is 0 Å². The Morgan fingerprint density at radius 3 is 2.19 bits per heavy atom. The van der Waals surface area contributed by atoms with E-state index in [0.717, 1.165) is 0 Å². The molecule has 0 aromatic heterocycles. The molecule has 0 atom stereocenters. The Hall–Kier alpha value is -1.36. The molecule has 0 aromatic rings. The normalized spacial score (nSPS) is 11.0. The first-order valence-electron chi connectivity index (χ1n) is 4.93. The molecule has 0 aliphatic carbocycles. The Morgan fingerprint density at radius 2 is 1.81 bits per heavy atom. The third-order valence-corrected chi connectivity index (χ3v) is 1.75. The molecule has 0 saturated carbocycles. The Morgan fingerprint density at radius 1 is 1.25 bits per heavy atom. The van der Waals surface area contributed by atoms with E-state index in [4.69, 9.17) is 9.47 Å². The first-order valence-corrected chi connectivity index (χ1v) is 4.93. The zero-order chi connectivity index (χ0) is 11.8. The number of hydrogen-bond donors (Lipinski definition) is 1. The van der Waals surface area contributed by atoms with Gasteiger partial charge in [0, 0.05) is 6.42 Å². The van der Waals surface area contributed by atoms with Crippen molar-refractivity contribution in [3.05, 3.63) is 18.8 Å². The van der Waals surface area contributed by atoms with Crippen molar-refractivity contribution >= 4 is 11.9 Å². The molecular formula is C11H21NO4. The Balaban J connectivity index is 0. The lowest BCUT2D eigenvalue weighted by atomic mass is 10.2. The van der Waals surface area contributed by atoms with Crippen molar-refractivity contribution in [3.8, 4) is 0 Å². The van der Waals surface area contributed by atoms with Crippen LogP contribution in [-0.4, -0.2) is 25.1 Å². The largest absolute Gasteiger partial charge is 0.463 e. The van der Waals surface area contributed by atoms with Gasteiger partial charge in [-0.15, -0.1) is 0 Å². The van der Waals surface area contributed by atoms with Crippen LogP contribution in [0.15, 0.2) is 11.3 Å². The second-order valence-electron chi connectivity index (χ2n) is 2.85. The predicted octanol–water partition coefficient (Wildman–Crippen LogP) is 0.469. The van der Waals surface area contributed by atoms with Crippen LogP contribution in [0.3, 0.4) is 0 Å². The van der Waals surface area contributed by atoms with Gasteiger partial charge in [-0.3, -0.25) is 4.79 Å². The van der Waals surface area contributed by atoms with Crippen molar-refractivity contribution in [2.24, 2.45) is 0 Å². The number of carbonyl (C=O) groups excluding carboxylic acids is 2. The summed E-state index contributed by atoms with van der Waals surface area (Å²) in [5.41, 5.74) is 3.89. The smallest absolute Gasteiger partial charge is 0.337 e. The molecule has 0 heterocycles. The first kappa shape index (κ1) is 17.0. The summed E-state index contributed by atoms with van der Waals surface area (Å²) in [6.07, 6.45) is 0.263. The standard InChI is InChI=1S/C10H17NO4.CH3/c1-4-9(12)15-8(6-11)7(3)10(13)14-5-2;/h4-6,11H2,1-3H3;1H3/q;-1/p+1/b8-7-;. The number of hydrogen-bond acceptors (Lipinski definition) is 4. The summed E-state index contributed by atoms with van der Waals surface area (Å²) in [6, 6.07) is 0. The topological polar surface area (TPSA) is 80.2 Å². The van der Waals surface area contributed by atoms with Crippen molar-refractivity contribution in [1.29, 1.82) is 0 Å². The predicted molar refractivity (Wildman–Crippen MR) is 59.9 cm³/mol. The van der Waals surface area contributed by atoms with Crippen LogP contribution in [0.25, 0.3) is 0 Å². The maximum Gasteiger partial charge on any atom is 0.337 e. The summed E-state index contributed by atoms with van der Waals surface area (Å²) < 4.78 is 9.74. The van der Waals surface area contributed by atoms with Crippen LogP contribution in [0.5, 0.6) is 0 Å². The lowest BCUT2D eigenvalue weighted by molar-refractivity contribution is -0.362. The first-order chi connectivity index (χ1) is 7.06. The fourth-order valence-corrected chi connectivity index (χ4v) is 0.878. The molecular weight excluding hydrogens is 210 g/mol. The molecule has 0 spiro atoms. The zero-order valence-corrected chi connectivity index (χ0v) is 10.5. The van der Waals surface area contributed by atoms with Crippen molar-refractivity contribution in [2.45, 2.75) is 27.2 Å². The summed E-state index contributed by atoms with van der Waals surface area (Å²) >= 11 is 0. The van der Waals surface area contributed by atoms with E-state index >= 15 is 0 Å². The minimum atomic E-state index is -0.472. The van der Waals surface area contributed by atoms with Crippen LogP contribution in [0.2, 0.25) is 0 Å². The molecule has 16 heavy (non-hydrogen) atoms. The Labute approximate surface area is 96.6 Å². The Kier molecular flexibility index (Phi) is 9.49. The molecule has 0 radical (unpaired) electrons. The van der Waals surface area contributed by atoms with Gasteiger partial charge in [0.2, 0.25) is 0 Å². The zero-order valence-electron chi connectivity index (χ0n) is 10.5. The van der Waals surface area contributed by atoms with Crippen molar-refractivity contribution in [3.63, 3.8) is 0 Å². The maximum absolute atomic E-state index is 11.3. The number of carbonyl (C=O) groups is 2. The highest BCUT2D eigenvalue weighted by Gasteiger charge is 2.15. The third-order valence-electron chi connectivity index (χ3n) is 1.75. The van der Waals surface area contributed by atoms with Crippen molar-refractivity contribution in [1.82, 2.24) is 0 Å². The summed E-state index contributed by atoms with van der Waals surface area (Å²) in [6.45, 7) is 5.50. The van der Waals surface area contributed by atoms with Gasteiger partial charge >= 0.3 is 11.9 Å². The number of rotatable bonds is 5. The van der Waals surface area contributed by atoms with Crippen LogP contribution in [0.4, 0.5) is 0 Å². The molecule has 0 amide bonds. The lowest BCUT2D eigenvalue weighted by Gasteiger charge is -2.08. The Bertz CT molecular complexity index is 271. The maximum atomic E-state index is 11.3. The SMILES string of the molecule is CCOC(=O)/C(C)=C(/C[NH3+])OC(=O)CC.[CH3-]. The molecule has 0 bridgehead atoms. The van der Waals surface area contributed by atoms with Gasteiger partial charge in [0.1, 0.15) is 6.54 Å². The second-order valence-corrected chi connectivity index (χ2v) is 2.85.